The molecule has 0 aromatic carbocycles. The summed E-state index contributed by atoms with van der Waals surface area (Å²) in [5.41, 5.74) is 5.85. The molecule has 4 heteroatoms. The number of nitrogens with zero attached hydrogens (tertiary/aromatic N) is 2. The Morgan fingerprint density at radius 2 is 2.06 bits per heavy atom. The Morgan fingerprint density at radius 3 is 2.59 bits per heavy atom. The fraction of sp³-hybridized carbons (Fsp3) is 0.923. The molecule has 100 valence electrons. The van der Waals surface area contributed by atoms with Gasteiger partial charge in [0.25, 0.3) is 0 Å². The summed E-state index contributed by atoms with van der Waals surface area (Å²) in [5, 5.41) is 0. The van der Waals surface area contributed by atoms with Crippen molar-refractivity contribution in [3.63, 3.8) is 0 Å². The molecule has 0 bridgehead atoms. The molecular formula is C13H27N3O. The van der Waals surface area contributed by atoms with Gasteiger partial charge in [0, 0.05) is 45.7 Å². The van der Waals surface area contributed by atoms with Gasteiger partial charge in [-0.3, -0.25) is 9.69 Å². The van der Waals surface area contributed by atoms with Gasteiger partial charge in [0.05, 0.1) is 0 Å². The minimum Gasteiger partial charge on any atom is -0.349 e. The molecule has 1 rings (SSSR count). The summed E-state index contributed by atoms with van der Waals surface area (Å²) >= 11 is 0. The first-order chi connectivity index (χ1) is 7.95. The first-order valence-corrected chi connectivity index (χ1v) is 6.61. The van der Waals surface area contributed by atoms with E-state index in [1.807, 2.05) is 0 Å². The highest BCUT2D eigenvalue weighted by molar-refractivity contribution is 5.76. The van der Waals surface area contributed by atoms with Gasteiger partial charge < -0.3 is 10.6 Å². The van der Waals surface area contributed by atoms with Gasteiger partial charge in [0.15, 0.2) is 0 Å². The van der Waals surface area contributed by atoms with Crippen LogP contribution in [-0.4, -0.2) is 55.0 Å². The predicted octanol–water partition coefficient (Wildman–Crippen LogP) is 0.912. The van der Waals surface area contributed by atoms with Crippen molar-refractivity contribution in [3.8, 4) is 0 Å². The number of carbonyl (C=O) groups excluding carboxylic acids is 1. The van der Waals surface area contributed by atoms with Gasteiger partial charge in [-0.2, -0.15) is 0 Å². The number of hydrogen-bond acceptors (Lipinski definition) is 3. The summed E-state index contributed by atoms with van der Waals surface area (Å²) in [7, 11) is 3.61. The van der Waals surface area contributed by atoms with Crippen molar-refractivity contribution in [1.29, 1.82) is 0 Å². The topological polar surface area (TPSA) is 49.6 Å². The summed E-state index contributed by atoms with van der Waals surface area (Å²) < 4.78 is 0. The van der Waals surface area contributed by atoms with Gasteiger partial charge in [0.1, 0.15) is 0 Å². The number of hydrogen-bond donors (Lipinski definition) is 1. The molecule has 0 aliphatic carbocycles. The Balaban J connectivity index is 2.62. The van der Waals surface area contributed by atoms with E-state index in [1.54, 1.807) is 19.0 Å². The maximum atomic E-state index is 11.8. The fourth-order valence-corrected chi connectivity index (χ4v) is 2.55. The van der Waals surface area contributed by atoms with Gasteiger partial charge in [-0.15, -0.1) is 0 Å². The van der Waals surface area contributed by atoms with E-state index in [0.29, 0.717) is 19.0 Å². The van der Waals surface area contributed by atoms with E-state index in [-0.39, 0.29) is 11.9 Å². The van der Waals surface area contributed by atoms with Crippen LogP contribution in [0.25, 0.3) is 0 Å². The molecule has 1 fully saturated rings. The molecule has 0 spiro atoms. The Morgan fingerprint density at radius 1 is 1.41 bits per heavy atom. The van der Waals surface area contributed by atoms with Crippen LogP contribution in [0.3, 0.4) is 0 Å². The molecule has 4 nitrogen and oxygen atoms in total. The largest absolute Gasteiger partial charge is 0.349 e. The Labute approximate surface area is 105 Å². The lowest BCUT2D eigenvalue weighted by Crippen LogP contribution is -2.51. The summed E-state index contributed by atoms with van der Waals surface area (Å²) in [6, 6.07) is 0.748. The predicted molar refractivity (Wildman–Crippen MR) is 70.7 cm³/mol. The summed E-state index contributed by atoms with van der Waals surface area (Å²) in [6.07, 6.45) is 3.05. The normalized spacial score (nSPS) is 27.8. The van der Waals surface area contributed by atoms with Crippen molar-refractivity contribution >= 4 is 5.91 Å². The van der Waals surface area contributed by atoms with Crippen LogP contribution in [-0.2, 0) is 4.79 Å². The molecule has 3 unspecified atom stereocenters. The lowest BCUT2D eigenvalue weighted by Gasteiger charge is -2.41. The minimum atomic E-state index is 0.172. The number of amides is 1. The van der Waals surface area contributed by atoms with E-state index in [4.69, 9.17) is 5.73 Å². The van der Waals surface area contributed by atoms with Crippen molar-refractivity contribution in [1.82, 2.24) is 9.80 Å². The Bertz CT molecular complexity index is 255. The van der Waals surface area contributed by atoms with Crippen LogP contribution < -0.4 is 5.73 Å². The van der Waals surface area contributed by atoms with Crippen molar-refractivity contribution < 1.29 is 4.79 Å². The van der Waals surface area contributed by atoms with Crippen LogP contribution in [0.4, 0.5) is 0 Å². The molecule has 1 aliphatic heterocycles. The zero-order valence-electron chi connectivity index (χ0n) is 11.6. The van der Waals surface area contributed by atoms with E-state index in [2.05, 4.69) is 18.7 Å². The zero-order chi connectivity index (χ0) is 13.0. The van der Waals surface area contributed by atoms with Gasteiger partial charge in [-0.05, 0) is 25.7 Å². The van der Waals surface area contributed by atoms with Gasteiger partial charge in [-0.25, -0.2) is 0 Å². The van der Waals surface area contributed by atoms with Crippen LogP contribution in [0.1, 0.15) is 33.1 Å². The molecule has 0 aromatic heterocycles. The fourth-order valence-electron chi connectivity index (χ4n) is 2.55. The number of likely N-dealkylation sites (tertiary alicyclic amines) is 1. The average molecular weight is 241 g/mol. The Kier molecular flexibility index (Phi) is 5.40. The Hall–Kier alpha value is -0.610. The molecule has 17 heavy (non-hydrogen) atoms. The quantitative estimate of drug-likeness (QED) is 0.796. The molecule has 1 saturated heterocycles. The smallest absolute Gasteiger partial charge is 0.223 e. The van der Waals surface area contributed by atoms with E-state index in [1.165, 1.54) is 12.8 Å². The van der Waals surface area contributed by atoms with E-state index in [9.17, 15) is 4.79 Å². The van der Waals surface area contributed by atoms with Crippen LogP contribution in [0.15, 0.2) is 0 Å². The molecule has 2 N–H and O–H groups in total. The van der Waals surface area contributed by atoms with Crippen LogP contribution in [0, 0.1) is 5.92 Å². The minimum absolute atomic E-state index is 0.172. The molecule has 1 aliphatic rings. The SMILES string of the molecule is CC1CCC(C)N(C(CN)CC(=O)N(C)C)C1. The number of nitrogens with two attached hydrogens (primary N) is 1. The number of piperidine rings is 1. The van der Waals surface area contributed by atoms with Gasteiger partial charge >= 0.3 is 0 Å². The van der Waals surface area contributed by atoms with Gasteiger partial charge in [-0.1, -0.05) is 6.92 Å². The van der Waals surface area contributed by atoms with Crippen molar-refractivity contribution in [2.45, 2.75) is 45.2 Å². The highest BCUT2D eigenvalue weighted by Gasteiger charge is 2.29. The molecular weight excluding hydrogens is 214 g/mol. The van der Waals surface area contributed by atoms with Crippen molar-refractivity contribution in [2.24, 2.45) is 11.7 Å². The highest BCUT2D eigenvalue weighted by atomic mass is 16.2. The van der Waals surface area contributed by atoms with E-state index in [0.717, 1.165) is 12.5 Å². The van der Waals surface area contributed by atoms with Crippen molar-refractivity contribution in [2.75, 3.05) is 27.2 Å². The molecule has 0 aromatic rings. The van der Waals surface area contributed by atoms with E-state index < -0.39 is 0 Å². The average Bonchev–Trinajstić information content (AvgIpc) is 2.29. The van der Waals surface area contributed by atoms with E-state index >= 15 is 0 Å². The lowest BCUT2D eigenvalue weighted by atomic mass is 9.92. The summed E-state index contributed by atoms with van der Waals surface area (Å²) in [6.45, 7) is 6.16. The third kappa shape index (κ3) is 3.96. The third-order valence-electron chi connectivity index (χ3n) is 3.82. The maximum absolute atomic E-state index is 11.8. The van der Waals surface area contributed by atoms with Crippen LogP contribution in [0.5, 0.6) is 0 Å². The lowest BCUT2D eigenvalue weighted by molar-refractivity contribution is -0.130. The zero-order valence-corrected chi connectivity index (χ0v) is 11.6. The molecule has 0 radical (unpaired) electrons. The highest BCUT2D eigenvalue weighted by Crippen LogP contribution is 2.24. The second kappa shape index (κ2) is 6.36. The first-order valence-electron chi connectivity index (χ1n) is 6.61. The third-order valence-corrected chi connectivity index (χ3v) is 3.82. The van der Waals surface area contributed by atoms with Gasteiger partial charge in [0.2, 0.25) is 5.91 Å². The first kappa shape index (κ1) is 14.5. The molecule has 1 amide bonds. The second-order valence-electron chi connectivity index (χ2n) is 5.61. The summed E-state index contributed by atoms with van der Waals surface area (Å²) in [4.78, 5) is 15.9. The number of carbonyl (C=O) groups is 1. The maximum Gasteiger partial charge on any atom is 0.223 e. The molecule has 3 atom stereocenters. The second-order valence-corrected chi connectivity index (χ2v) is 5.61. The standard InChI is InChI=1S/C13H27N3O/c1-10-5-6-11(2)16(9-10)12(8-14)7-13(17)15(3)4/h10-12H,5-9,14H2,1-4H3. The monoisotopic (exact) mass is 241 g/mol. The molecule has 0 saturated carbocycles. The summed E-state index contributed by atoms with van der Waals surface area (Å²) in [5.74, 6) is 0.889. The van der Waals surface area contributed by atoms with Crippen molar-refractivity contribution in [3.05, 3.63) is 0 Å². The number of rotatable bonds is 4. The molecule has 1 heterocycles. The van der Waals surface area contributed by atoms with Crippen LogP contribution >= 0.6 is 0 Å². The van der Waals surface area contributed by atoms with Crippen LogP contribution in [0.2, 0.25) is 0 Å².